The van der Waals surface area contributed by atoms with E-state index >= 15 is 0 Å². The van der Waals surface area contributed by atoms with Crippen LogP contribution in [0.15, 0.2) is 48.5 Å². The number of benzene rings is 1. The molecule has 3 N–H and O–H groups in total. The zero-order valence-corrected chi connectivity index (χ0v) is 10.7. The molecule has 100 valence electrons. The molecule has 1 heterocycles. The highest BCUT2D eigenvalue weighted by Crippen LogP contribution is 2.10. The molecule has 0 saturated carbocycles. The Hall–Kier alpha value is -2.84. The summed E-state index contributed by atoms with van der Waals surface area (Å²) in [4.78, 5) is 15.8. The minimum Gasteiger partial charge on any atom is -0.410 e. The number of amides is 1. The average Bonchev–Trinajstić information content (AvgIpc) is 2.46. The van der Waals surface area contributed by atoms with Crippen LogP contribution in [-0.4, -0.2) is 17.6 Å². The topological polar surface area (TPSA) is 77.2 Å². The van der Waals surface area contributed by atoms with Gasteiger partial charge >= 0.3 is 6.09 Å². The van der Waals surface area contributed by atoms with Gasteiger partial charge in [0.05, 0.1) is 6.54 Å². The Kier molecular flexibility index (Phi) is 4.70. The molecule has 2 rings (SSSR count). The third-order valence-electron chi connectivity index (χ3n) is 2.25. The number of carbonyl (C=O) groups excluding carboxylic acids is 1. The highest BCUT2D eigenvalue weighted by atomic mass is 16.6. The summed E-state index contributed by atoms with van der Waals surface area (Å²) in [6.07, 6.45) is -0.604. The Balaban J connectivity index is 2.01. The van der Waals surface area contributed by atoms with Crippen LogP contribution in [0.4, 0.5) is 10.6 Å². The standard InChI is InChI=1S/C15H13N3O2/c16-11-5-7-12-6-4-10-14(17-12)18-15(19)20-13-8-2-1-3-9-13/h1-4,6,8-10H,11,16H2,(H,17,18,19). The van der Waals surface area contributed by atoms with E-state index in [9.17, 15) is 4.79 Å². The first kappa shape index (κ1) is 13.6. The molecule has 0 radical (unpaired) electrons. The number of nitrogens with two attached hydrogens (primary N) is 1. The molecule has 0 aliphatic carbocycles. The lowest BCUT2D eigenvalue weighted by molar-refractivity contribution is 0.215. The van der Waals surface area contributed by atoms with Crippen molar-refractivity contribution in [3.63, 3.8) is 0 Å². The summed E-state index contributed by atoms with van der Waals surface area (Å²) in [6, 6.07) is 13.9. The van der Waals surface area contributed by atoms with Gasteiger partial charge in [0.2, 0.25) is 0 Å². The normalized spacial score (nSPS) is 9.25. The van der Waals surface area contributed by atoms with Gasteiger partial charge in [-0.2, -0.15) is 0 Å². The molecule has 0 atom stereocenters. The van der Waals surface area contributed by atoms with Gasteiger partial charge in [-0.05, 0) is 30.2 Å². The van der Waals surface area contributed by atoms with E-state index in [1.54, 1.807) is 42.5 Å². The lowest BCUT2D eigenvalue weighted by Gasteiger charge is -2.05. The van der Waals surface area contributed by atoms with Gasteiger partial charge in [0.1, 0.15) is 17.3 Å². The van der Waals surface area contributed by atoms with E-state index < -0.39 is 6.09 Å². The van der Waals surface area contributed by atoms with E-state index in [-0.39, 0.29) is 6.54 Å². The van der Waals surface area contributed by atoms with Crippen molar-refractivity contribution < 1.29 is 9.53 Å². The maximum atomic E-state index is 11.7. The van der Waals surface area contributed by atoms with Crippen LogP contribution in [-0.2, 0) is 0 Å². The van der Waals surface area contributed by atoms with Crippen molar-refractivity contribution in [1.82, 2.24) is 4.98 Å². The third kappa shape index (κ3) is 4.12. The summed E-state index contributed by atoms with van der Waals surface area (Å²) in [5.74, 6) is 6.32. The largest absolute Gasteiger partial charge is 0.418 e. The van der Waals surface area contributed by atoms with Crippen LogP contribution in [0.2, 0.25) is 0 Å². The zero-order valence-electron chi connectivity index (χ0n) is 10.7. The number of hydrogen-bond donors (Lipinski definition) is 2. The third-order valence-corrected chi connectivity index (χ3v) is 2.25. The van der Waals surface area contributed by atoms with Crippen molar-refractivity contribution in [2.75, 3.05) is 11.9 Å². The highest BCUT2D eigenvalue weighted by molar-refractivity contribution is 5.85. The van der Waals surface area contributed by atoms with Gasteiger partial charge in [-0.25, -0.2) is 9.78 Å². The van der Waals surface area contributed by atoms with Gasteiger partial charge in [0, 0.05) is 0 Å². The molecule has 0 unspecified atom stereocenters. The number of hydrogen-bond acceptors (Lipinski definition) is 4. The Bertz CT molecular complexity index is 645. The average molecular weight is 267 g/mol. The van der Waals surface area contributed by atoms with Crippen LogP contribution in [0.25, 0.3) is 0 Å². The number of carbonyl (C=O) groups is 1. The van der Waals surface area contributed by atoms with Crippen LogP contribution < -0.4 is 15.8 Å². The summed E-state index contributed by atoms with van der Waals surface area (Å²) in [5, 5.41) is 2.54. The first-order chi connectivity index (χ1) is 9.78. The molecule has 5 nitrogen and oxygen atoms in total. The number of pyridine rings is 1. The van der Waals surface area contributed by atoms with Gasteiger partial charge in [0.15, 0.2) is 0 Å². The number of rotatable bonds is 2. The lowest BCUT2D eigenvalue weighted by Crippen LogP contribution is -2.17. The molecular formula is C15H13N3O2. The molecule has 0 saturated heterocycles. The van der Waals surface area contributed by atoms with E-state index in [0.717, 1.165) is 0 Å². The predicted octanol–water partition coefficient (Wildman–Crippen LogP) is 2.00. The Morgan fingerprint density at radius 1 is 1.20 bits per heavy atom. The minimum absolute atomic E-state index is 0.259. The summed E-state index contributed by atoms with van der Waals surface area (Å²) in [6.45, 7) is 0.259. The molecule has 0 fully saturated rings. The van der Waals surface area contributed by atoms with Crippen LogP contribution in [0.3, 0.4) is 0 Å². The molecular weight excluding hydrogens is 254 g/mol. The molecule has 1 aromatic carbocycles. The first-order valence-corrected chi connectivity index (χ1v) is 5.98. The lowest BCUT2D eigenvalue weighted by atomic mass is 10.3. The summed E-state index contributed by atoms with van der Waals surface area (Å²) >= 11 is 0. The Morgan fingerprint density at radius 2 is 2.00 bits per heavy atom. The van der Waals surface area contributed by atoms with E-state index in [2.05, 4.69) is 22.1 Å². The predicted molar refractivity (Wildman–Crippen MR) is 76.3 cm³/mol. The van der Waals surface area contributed by atoms with E-state index in [1.807, 2.05) is 6.07 Å². The number of para-hydroxylation sites is 1. The number of nitrogens with one attached hydrogen (secondary N) is 1. The first-order valence-electron chi connectivity index (χ1n) is 5.98. The molecule has 0 aliphatic rings. The molecule has 0 aliphatic heterocycles. The van der Waals surface area contributed by atoms with E-state index in [0.29, 0.717) is 17.3 Å². The monoisotopic (exact) mass is 267 g/mol. The maximum Gasteiger partial charge on any atom is 0.418 e. The van der Waals surface area contributed by atoms with Gasteiger partial charge in [0.25, 0.3) is 0 Å². The number of nitrogens with zero attached hydrogens (tertiary/aromatic N) is 1. The maximum absolute atomic E-state index is 11.7. The fraction of sp³-hybridized carbons (Fsp3) is 0.0667. The van der Waals surface area contributed by atoms with Gasteiger partial charge in [-0.15, -0.1) is 0 Å². The van der Waals surface area contributed by atoms with Gasteiger partial charge in [-0.3, -0.25) is 5.32 Å². The van der Waals surface area contributed by atoms with Crippen molar-refractivity contribution in [3.8, 4) is 17.6 Å². The summed E-state index contributed by atoms with van der Waals surface area (Å²) < 4.78 is 5.09. The second-order valence-corrected chi connectivity index (χ2v) is 3.74. The van der Waals surface area contributed by atoms with Crippen molar-refractivity contribution in [2.24, 2.45) is 5.73 Å². The zero-order chi connectivity index (χ0) is 14.2. The SMILES string of the molecule is NCC#Cc1cccc(NC(=O)Oc2ccccc2)n1. The second-order valence-electron chi connectivity index (χ2n) is 3.74. The van der Waals surface area contributed by atoms with Crippen molar-refractivity contribution >= 4 is 11.9 Å². The summed E-state index contributed by atoms with van der Waals surface area (Å²) in [7, 11) is 0. The van der Waals surface area contributed by atoms with Crippen molar-refractivity contribution in [1.29, 1.82) is 0 Å². The molecule has 0 spiro atoms. The Morgan fingerprint density at radius 3 is 2.75 bits per heavy atom. The minimum atomic E-state index is -0.604. The fourth-order valence-electron chi connectivity index (χ4n) is 1.44. The number of ether oxygens (including phenoxy) is 1. The van der Waals surface area contributed by atoms with Crippen LogP contribution in [0.5, 0.6) is 5.75 Å². The molecule has 1 amide bonds. The molecule has 20 heavy (non-hydrogen) atoms. The smallest absolute Gasteiger partial charge is 0.410 e. The van der Waals surface area contributed by atoms with Crippen LogP contribution in [0, 0.1) is 11.8 Å². The Labute approximate surface area is 116 Å². The number of anilines is 1. The van der Waals surface area contributed by atoms with Gasteiger partial charge in [-0.1, -0.05) is 30.2 Å². The van der Waals surface area contributed by atoms with Crippen LogP contribution >= 0.6 is 0 Å². The van der Waals surface area contributed by atoms with E-state index in [1.165, 1.54) is 0 Å². The molecule has 1 aromatic heterocycles. The van der Waals surface area contributed by atoms with Crippen molar-refractivity contribution in [3.05, 3.63) is 54.2 Å². The van der Waals surface area contributed by atoms with Crippen molar-refractivity contribution in [2.45, 2.75) is 0 Å². The second kappa shape index (κ2) is 6.92. The molecule has 0 bridgehead atoms. The fourth-order valence-corrected chi connectivity index (χ4v) is 1.44. The summed E-state index contributed by atoms with van der Waals surface area (Å²) in [5.41, 5.74) is 5.83. The molecule has 5 heteroatoms. The van der Waals surface area contributed by atoms with Crippen LogP contribution in [0.1, 0.15) is 5.69 Å². The van der Waals surface area contributed by atoms with E-state index in [4.69, 9.17) is 10.5 Å². The number of aromatic nitrogens is 1. The molecule has 2 aromatic rings. The quantitative estimate of drug-likeness (QED) is 0.816. The highest BCUT2D eigenvalue weighted by Gasteiger charge is 2.05. The van der Waals surface area contributed by atoms with Gasteiger partial charge < -0.3 is 10.5 Å².